The third kappa shape index (κ3) is 4.07. The molecule has 0 unspecified atom stereocenters. The van der Waals surface area contributed by atoms with Gasteiger partial charge in [-0.05, 0) is 43.9 Å². The number of hydrogen-bond donors (Lipinski definition) is 0. The Morgan fingerprint density at radius 3 is 2.73 bits per heavy atom. The van der Waals surface area contributed by atoms with Crippen LogP contribution >= 0.6 is 0 Å². The number of piperidine rings is 1. The van der Waals surface area contributed by atoms with E-state index in [1.54, 1.807) is 19.1 Å². The van der Waals surface area contributed by atoms with Gasteiger partial charge in [-0.1, -0.05) is 6.07 Å². The number of ether oxygens (including phenoxy) is 1. The standard InChI is InChI=1S/C16H20N2O4/c1-2-22-16(19)9-7-13-6-8-14(15(12-13)18(20)21)17-10-4-3-5-11-17/h6-9,12H,2-5,10-11H2,1H3/b9-7+. The van der Waals surface area contributed by atoms with Gasteiger partial charge < -0.3 is 9.64 Å². The van der Waals surface area contributed by atoms with Crippen LogP contribution in [-0.4, -0.2) is 30.6 Å². The van der Waals surface area contributed by atoms with Crippen molar-refractivity contribution >= 4 is 23.4 Å². The second-order valence-electron chi connectivity index (χ2n) is 5.14. The zero-order valence-corrected chi connectivity index (χ0v) is 12.7. The fourth-order valence-electron chi connectivity index (χ4n) is 2.55. The molecular weight excluding hydrogens is 284 g/mol. The van der Waals surface area contributed by atoms with Gasteiger partial charge in [0.1, 0.15) is 5.69 Å². The van der Waals surface area contributed by atoms with Crippen molar-refractivity contribution in [2.75, 3.05) is 24.6 Å². The highest BCUT2D eigenvalue weighted by Gasteiger charge is 2.21. The van der Waals surface area contributed by atoms with Gasteiger partial charge in [0.15, 0.2) is 0 Å². The van der Waals surface area contributed by atoms with Crippen LogP contribution in [0.3, 0.4) is 0 Å². The Balaban J connectivity index is 2.23. The molecule has 1 aromatic carbocycles. The Bertz CT molecular complexity index is 578. The molecule has 22 heavy (non-hydrogen) atoms. The average Bonchev–Trinajstić information content (AvgIpc) is 2.54. The molecule has 0 aliphatic carbocycles. The van der Waals surface area contributed by atoms with Crippen LogP contribution in [0, 0.1) is 10.1 Å². The first kappa shape index (κ1) is 16.0. The van der Waals surface area contributed by atoms with E-state index in [9.17, 15) is 14.9 Å². The molecule has 0 spiro atoms. The highest BCUT2D eigenvalue weighted by atomic mass is 16.6. The first-order valence-corrected chi connectivity index (χ1v) is 7.50. The Hall–Kier alpha value is -2.37. The zero-order valence-electron chi connectivity index (χ0n) is 12.7. The van der Waals surface area contributed by atoms with E-state index in [2.05, 4.69) is 4.90 Å². The predicted molar refractivity (Wildman–Crippen MR) is 84.8 cm³/mol. The predicted octanol–water partition coefficient (Wildman–Crippen LogP) is 3.16. The number of hydrogen-bond acceptors (Lipinski definition) is 5. The van der Waals surface area contributed by atoms with E-state index in [1.807, 2.05) is 0 Å². The van der Waals surface area contributed by atoms with Crippen molar-refractivity contribution in [2.24, 2.45) is 0 Å². The van der Waals surface area contributed by atoms with Gasteiger partial charge in [-0.15, -0.1) is 0 Å². The number of carbonyl (C=O) groups excluding carboxylic acids is 1. The highest BCUT2D eigenvalue weighted by molar-refractivity contribution is 5.87. The molecule has 1 fully saturated rings. The fraction of sp³-hybridized carbons (Fsp3) is 0.438. The van der Waals surface area contributed by atoms with E-state index in [1.165, 1.54) is 24.6 Å². The van der Waals surface area contributed by atoms with Crippen LogP contribution in [0.4, 0.5) is 11.4 Å². The van der Waals surface area contributed by atoms with Crippen LogP contribution in [0.5, 0.6) is 0 Å². The summed E-state index contributed by atoms with van der Waals surface area (Å²) in [6.07, 6.45) is 6.10. The van der Waals surface area contributed by atoms with Crippen LogP contribution in [0.15, 0.2) is 24.3 Å². The van der Waals surface area contributed by atoms with Gasteiger partial charge in [0.2, 0.25) is 0 Å². The van der Waals surface area contributed by atoms with Crippen molar-refractivity contribution in [2.45, 2.75) is 26.2 Å². The molecule has 0 bridgehead atoms. The molecule has 1 heterocycles. The zero-order chi connectivity index (χ0) is 15.9. The summed E-state index contributed by atoms with van der Waals surface area (Å²) in [6, 6.07) is 5.04. The minimum absolute atomic E-state index is 0.0768. The lowest BCUT2D eigenvalue weighted by Gasteiger charge is -2.28. The number of carbonyl (C=O) groups is 1. The minimum Gasteiger partial charge on any atom is -0.463 e. The summed E-state index contributed by atoms with van der Waals surface area (Å²) in [4.78, 5) is 24.3. The Kier molecular flexibility index (Phi) is 5.52. The second-order valence-corrected chi connectivity index (χ2v) is 5.14. The van der Waals surface area contributed by atoms with Crippen molar-refractivity contribution in [3.8, 4) is 0 Å². The van der Waals surface area contributed by atoms with Crippen molar-refractivity contribution in [3.05, 3.63) is 40.0 Å². The number of nitrogens with zero attached hydrogens (tertiary/aromatic N) is 2. The topological polar surface area (TPSA) is 72.7 Å². The van der Waals surface area contributed by atoms with Crippen LogP contribution in [0.2, 0.25) is 0 Å². The van der Waals surface area contributed by atoms with Crippen molar-refractivity contribution in [3.63, 3.8) is 0 Å². The Labute approximate surface area is 129 Å². The number of benzene rings is 1. The first-order valence-electron chi connectivity index (χ1n) is 7.50. The third-order valence-electron chi connectivity index (χ3n) is 3.59. The number of rotatable bonds is 5. The molecule has 6 nitrogen and oxygen atoms in total. The Morgan fingerprint density at radius 2 is 2.09 bits per heavy atom. The molecular formula is C16H20N2O4. The molecule has 6 heteroatoms. The summed E-state index contributed by atoms with van der Waals surface area (Å²) in [6.45, 7) is 3.72. The van der Waals surface area contributed by atoms with E-state index >= 15 is 0 Å². The number of esters is 1. The number of anilines is 1. The molecule has 118 valence electrons. The second kappa shape index (κ2) is 7.59. The normalized spacial score (nSPS) is 15.0. The van der Waals surface area contributed by atoms with Gasteiger partial charge in [-0.2, -0.15) is 0 Å². The molecule has 0 amide bonds. The monoisotopic (exact) mass is 304 g/mol. The number of nitro groups is 1. The molecule has 0 N–H and O–H groups in total. The molecule has 1 aliphatic rings. The van der Waals surface area contributed by atoms with E-state index in [0.29, 0.717) is 17.9 Å². The van der Waals surface area contributed by atoms with Crippen LogP contribution < -0.4 is 4.90 Å². The third-order valence-corrected chi connectivity index (χ3v) is 3.59. The molecule has 1 aromatic rings. The lowest BCUT2D eigenvalue weighted by molar-refractivity contribution is -0.384. The van der Waals surface area contributed by atoms with E-state index in [4.69, 9.17) is 4.74 Å². The summed E-state index contributed by atoms with van der Waals surface area (Å²) in [5.74, 6) is -0.453. The van der Waals surface area contributed by atoms with Gasteiger partial charge in [0.25, 0.3) is 5.69 Å². The largest absolute Gasteiger partial charge is 0.463 e. The van der Waals surface area contributed by atoms with E-state index in [-0.39, 0.29) is 10.6 Å². The summed E-state index contributed by atoms with van der Waals surface area (Å²) in [5, 5.41) is 11.3. The SMILES string of the molecule is CCOC(=O)/C=C/c1ccc(N2CCCCC2)c([N+](=O)[O-])c1. The average molecular weight is 304 g/mol. The van der Waals surface area contributed by atoms with Gasteiger partial charge in [0.05, 0.1) is 11.5 Å². The fourth-order valence-corrected chi connectivity index (χ4v) is 2.55. The van der Waals surface area contributed by atoms with Gasteiger partial charge in [-0.25, -0.2) is 4.79 Å². The minimum atomic E-state index is -0.453. The molecule has 1 aliphatic heterocycles. The lowest BCUT2D eigenvalue weighted by atomic mass is 10.1. The maximum absolute atomic E-state index is 11.3. The van der Waals surface area contributed by atoms with Crippen LogP contribution in [-0.2, 0) is 9.53 Å². The molecule has 2 rings (SSSR count). The number of nitro benzene ring substituents is 1. The van der Waals surface area contributed by atoms with Crippen LogP contribution in [0.25, 0.3) is 6.08 Å². The van der Waals surface area contributed by atoms with Gasteiger partial charge >= 0.3 is 5.97 Å². The molecule has 0 aromatic heterocycles. The van der Waals surface area contributed by atoms with E-state index in [0.717, 1.165) is 25.9 Å². The van der Waals surface area contributed by atoms with Crippen molar-refractivity contribution < 1.29 is 14.5 Å². The van der Waals surface area contributed by atoms with E-state index < -0.39 is 5.97 Å². The van der Waals surface area contributed by atoms with Gasteiger partial charge in [-0.3, -0.25) is 10.1 Å². The highest BCUT2D eigenvalue weighted by Crippen LogP contribution is 2.31. The smallest absolute Gasteiger partial charge is 0.330 e. The molecule has 1 saturated heterocycles. The summed E-state index contributed by atoms with van der Waals surface area (Å²) in [5.41, 5.74) is 1.34. The Morgan fingerprint density at radius 1 is 1.36 bits per heavy atom. The summed E-state index contributed by atoms with van der Waals surface area (Å²) in [7, 11) is 0. The maximum atomic E-state index is 11.3. The molecule has 0 radical (unpaired) electrons. The maximum Gasteiger partial charge on any atom is 0.330 e. The van der Waals surface area contributed by atoms with Gasteiger partial charge in [0, 0.05) is 25.2 Å². The van der Waals surface area contributed by atoms with Crippen molar-refractivity contribution in [1.29, 1.82) is 0 Å². The summed E-state index contributed by atoms with van der Waals surface area (Å²) >= 11 is 0. The first-order chi connectivity index (χ1) is 10.6. The van der Waals surface area contributed by atoms with Crippen LogP contribution in [0.1, 0.15) is 31.7 Å². The molecule has 0 saturated carbocycles. The molecule has 0 atom stereocenters. The quantitative estimate of drug-likeness (QED) is 0.361. The van der Waals surface area contributed by atoms with Crippen molar-refractivity contribution in [1.82, 2.24) is 0 Å². The summed E-state index contributed by atoms with van der Waals surface area (Å²) < 4.78 is 4.79. The lowest BCUT2D eigenvalue weighted by Crippen LogP contribution is -2.29.